The van der Waals surface area contributed by atoms with E-state index >= 15 is 0 Å². The van der Waals surface area contributed by atoms with E-state index in [-0.39, 0.29) is 0 Å². The van der Waals surface area contributed by atoms with Crippen LogP contribution in [0.2, 0.25) is 0 Å². The average Bonchev–Trinajstić information content (AvgIpc) is 2.59. The Bertz CT molecular complexity index is 176. The van der Waals surface area contributed by atoms with Gasteiger partial charge in [-0.05, 0) is 18.6 Å². The van der Waals surface area contributed by atoms with Gasteiger partial charge in [0.05, 0.1) is 6.54 Å². The standard InChI is InChI=1S/C8H14N2S2/c1-2-7(6-11-4-1)10-8-9-3-5-12-8/h7H,1-6H2,(H,9,10). The molecule has 1 atom stereocenters. The summed E-state index contributed by atoms with van der Waals surface area (Å²) >= 11 is 3.93. The van der Waals surface area contributed by atoms with Crippen molar-refractivity contribution in [2.45, 2.75) is 18.9 Å². The number of amidine groups is 1. The minimum atomic E-state index is 0.688. The molecule has 0 bridgehead atoms. The molecule has 1 saturated heterocycles. The highest BCUT2D eigenvalue weighted by Gasteiger charge is 2.16. The van der Waals surface area contributed by atoms with Crippen LogP contribution in [0.1, 0.15) is 12.8 Å². The van der Waals surface area contributed by atoms with Crippen molar-refractivity contribution >= 4 is 28.7 Å². The summed E-state index contributed by atoms with van der Waals surface area (Å²) in [6.45, 7) is 1.01. The van der Waals surface area contributed by atoms with Gasteiger partial charge in [-0.1, -0.05) is 11.8 Å². The Labute approximate surface area is 82.0 Å². The first-order valence-electron chi connectivity index (χ1n) is 4.47. The smallest absolute Gasteiger partial charge is 0.156 e. The van der Waals surface area contributed by atoms with Crippen molar-refractivity contribution < 1.29 is 0 Å². The highest BCUT2D eigenvalue weighted by Crippen LogP contribution is 2.18. The molecule has 1 unspecified atom stereocenters. The Balaban J connectivity index is 1.77. The van der Waals surface area contributed by atoms with E-state index in [2.05, 4.69) is 22.1 Å². The quantitative estimate of drug-likeness (QED) is 0.698. The van der Waals surface area contributed by atoms with Crippen LogP contribution in [0.15, 0.2) is 4.99 Å². The van der Waals surface area contributed by atoms with Gasteiger partial charge in [0, 0.05) is 17.5 Å². The largest absolute Gasteiger partial charge is 0.361 e. The second kappa shape index (κ2) is 4.42. The van der Waals surface area contributed by atoms with Crippen molar-refractivity contribution in [1.82, 2.24) is 5.32 Å². The fourth-order valence-electron chi connectivity index (χ4n) is 1.45. The molecule has 0 saturated carbocycles. The minimum absolute atomic E-state index is 0.688. The lowest BCUT2D eigenvalue weighted by atomic mass is 10.2. The summed E-state index contributed by atoms with van der Waals surface area (Å²) in [5, 5.41) is 4.69. The summed E-state index contributed by atoms with van der Waals surface area (Å²) in [4.78, 5) is 4.39. The van der Waals surface area contributed by atoms with E-state index in [4.69, 9.17) is 0 Å². The fourth-order valence-corrected chi connectivity index (χ4v) is 3.33. The number of nitrogens with one attached hydrogen (secondary N) is 1. The lowest BCUT2D eigenvalue weighted by molar-refractivity contribution is 0.597. The van der Waals surface area contributed by atoms with Crippen LogP contribution in [0.5, 0.6) is 0 Å². The third kappa shape index (κ3) is 2.33. The van der Waals surface area contributed by atoms with E-state index in [1.165, 1.54) is 35.3 Å². The first-order chi connectivity index (χ1) is 5.95. The Morgan fingerprint density at radius 1 is 1.42 bits per heavy atom. The van der Waals surface area contributed by atoms with Gasteiger partial charge in [0.25, 0.3) is 0 Å². The molecular weight excluding hydrogens is 188 g/mol. The molecule has 1 fully saturated rings. The van der Waals surface area contributed by atoms with Gasteiger partial charge in [0.2, 0.25) is 0 Å². The predicted octanol–water partition coefficient (Wildman–Crippen LogP) is 1.57. The van der Waals surface area contributed by atoms with E-state index in [0.29, 0.717) is 6.04 Å². The van der Waals surface area contributed by atoms with Crippen molar-refractivity contribution in [1.29, 1.82) is 0 Å². The highest BCUT2D eigenvalue weighted by atomic mass is 32.2. The lowest BCUT2D eigenvalue weighted by Gasteiger charge is -2.22. The summed E-state index contributed by atoms with van der Waals surface area (Å²) in [5.41, 5.74) is 0. The third-order valence-corrected chi connectivity index (χ3v) is 4.20. The van der Waals surface area contributed by atoms with Crippen LogP contribution in [0.25, 0.3) is 0 Å². The first-order valence-corrected chi connectivity index (χ1v) is 6.61. The number of aliphatic imine (C=N–C) groups is 1. The van der Waals surface area contributed by atoms with E-state index < -0.39 is 0 Å². The summed E-state index contributed by atoms with van der Waals surface area (Å²) < 4.78 is 0. The van der Waals surface area contributed by atoms with Gasteiger partial charge < -0.3 is 5.32 Å². The first kappa shape index (κ1) is 8.75. The molecule has 0 aliphatic carbocycles. The normalized spacial score (nSPS) is 30.0. The van der Waals surface area contributed by atoms with Crippen LogP contribution in [-0.4, -0.2) is 35.0 Å². The van der Waals surface area contributed by atoms with E-state index in [0.717, 1.165) is 6.54 Å². The molecule has 2 nitrogen and oxygen atoms in total. The van der Waals surface area contributed by atoms with Crippen molar-refractivity contribution in [2.24, 2.45) is 4.99 Å². The summed E-state index contributed by atoms with van der Waals surface area (Å²) in [7, 11) is 0. The van der Waals surface area contributed by atoms with Crippen LogP contribution in [-0.2, 0) is 0 Å². The molecule has 1 N–H and O–H groups in total. The van der Waals surface area contributed by atoms with E-state index in [9.17, 15) is 0 Å². The zero-order chi connectivity index (χ0) is 8.23. The van der Waals surface area contributed by atoms with Crippen molar-refractivity contribution in [3.63, 3.8) is 0 Å². The molecule has 0 radical (unpaired) electrons. The maximum absolute atomic E-state index is 4.39. The molecule has 2 aliphatic rings. The molecule has 12 heavy (non-hydrogen) atoms. The molecule has 0 amide bonds. The lowest BCUT2D eigenvalue weighted by Crippen LogP contribution is -2.36. The topological polar surface area (TPSA) is 24.4 Å². The number of hydrogen-bond acceptors (Lipinski definition) is 4. The minimum Gasteiger partial charge on any atom is -0.361 e. The van der Waals surface area contributed by atoms with Gasteiger partial charge in [-0.3, -0.25) is 4.99 Å². The monoisotopic (exact) mass is 202 g/mol. The van der Waals surface area contributed by atoms with Gasteiger partial charge in [0.1, 0.15) is 0 Å². The van der Waals surface area contributed by atoms with Crippen molar-refractivity contribution in [3.05, 3.63) is 0 Å². The molecular formula is C8H14N2S2. The number of rotatable bonds is 1. The maximum Gasteiger partial charge on any atom is 0.156 e. The second-order valence-corrected chi connectivity index (χ2v) is 5.33. The van der Waals surface area contributed by atoms with Crippen LogP contribution < -0.4 is 5.32 Å². The van der Waals surface area contributed by atoms with Crippen LogP contribution in [0.4, 0.5) is 0 Å². The molecule has 2 rings (SSSR count). The molecule has 2 heterocycles. The molecule has 68 valence electrons. The van der Waals surface area contributed by atoms with Gasteiger partial charge in [-0.2, -0.15) is 11.8 Å². The highest BCUT2D eigenvalue weighted by molar-refractivity contribution is 8.14. The maximum atomic E-state index is 4.39. The SMILES string of the molecule is C1CSCC(NC2=NCCS2)C1. The van der Waals surface area contributed by atoms with Crippen LogP contribution in [0, 0.1) is 0 Å². The molecule has 2 aliphatic heterocycles. The Morgan fingerprint density at radius 3 is 3.08 bits per heavy atom. The predicted molar refractivity (Wildman–Crippen MR) is 58.2 cm³/mol. The Morgan fingerprint density at radius 2 is 2.42 bits per heavy atom. The van der Waals surface area contributed by atoms with Gasteiger partial charge in [0.15, 0.2) is 5.17 Å². The van der Waals surface area contributed by atoms with Gasteiger partial charge >= 0.3 is 0 Å². The second-order valence-electron chi connectivity index (χ2n) is 3.09. The third-order valence-electron chi connectivity index (χ3n) is 2.07. The van der Waals surface area contributed by atoms with E-state index in [1.54, 1.807) is 0 Å². The van der Waals surface area contributed by atoms with Crippen molar-refractivity contribution in [3.8, 4) is 0 Å². The van der Waals surface area contributed by atoms with Crippen LogP contribution in [0.3, 0.4) is 0 Å². The fraction of sp³-hybridized carbons (Fsp3) is 0.875. The van der Waals surface area contributed by atoms with E-state index in [1.807, 2.05) is 11.8 Å². The van der Waals surface area contributed by atoms with Crippen molar-refractivity contribution in [2.75, 3.05) is 23.8 Å². The number of thioether (sulfide) groups is 2. The molecule has 0 spiro atoms. The van der Waals surface area contributed by atoms with Gasteiger partial charge in [-0.15, -0.1) is 0 Å². The van der Waals surface area contributed by atoms with Gasteiger partial charge in [-0.25, -0.2) is 0 Å². The Kier molecular flexibility index (Phi) is 3.22. The zero-order valence-corrected chi connectivity index (χ0v) is 8.72. The summed E-state index contributed by atoms with van der Waals surface area (Å²) in [6.07, 6.45) is 2.69. The summed E-state index contributed by atoms with van der Waals surface area (Å²) in [5.74, 6) is 3.78. The number of hydrogen-bond donors (Lipinski definition) is 1. The number of nitrogens with zero attached hydrogens (tertiary/aromatic N) is 1. The summed E-state index contributed by atoms with van der Waals surface area (Å²) in [6, 6.07) is 0.688. The molecule has 0 aromatic rings. The zero-order valence-electron chi connectivity index (χ0n) is 7.08. The average molecular weight is 202 g/mol. The van der Waals surface area contributed by atoms with Crippen LogP contribution >= 0.6 is 23.5 Å². The molecule has 0 aromatic heterocycles. The molecule has 0 aromatic carbocycles. The Hall–Kier alpha value is 0.170. The molecule has 4 heteroatoms.